The fraction of sp³-hybridized carbons (Fsp3) is 0.737. The van der Waals surface area contributed by atoms with Crippen LogP contribution >= 0.6 is 0 Å². The van der Waals surface area contributed by atoms with Crippen LogP contribution in [0, 0.1) is 0 Å². The number of amides is 4. The summed E-state index contributed by atoms with van der Waals surface area (Å²) in [6.45, 7) is 5.56. The molecule has 4 amide bonds. The maximum Gasteiger partial charge on any atom is 0.326 e. The summed E-state index contributed by atoms with van der Waals surface area (Å²) in [6, 6.07) is -3.89. The number of carboxylic acids is 1. The quantitative estimate of drug-likeness (QED) is 0.311. The minimum atomic E-state index is -1.07. The van der Waals surface area contributed by atoms with Crippen LogP contribution in [0.4, 0.5) is 0 Å². The number of hydrogen-bond acceptors (Lipinski definition) is 6. The summed E-state index contributed by atoms with van der Waals surface area (Å²) >= 11 is 0. The number of carboxylic acid groups (broad SMARTS) is 1. The predicted octanol–water partition coefficient (Wildman–Crippen LogP) is -1.67. The summed E-state index contributed by atoms with van der Waals surface area (Å²) in [4.78, 5) is 61.7. The molecule has 2 fully saturated rings. The van der Waals surface area contributed by atoms with Gasteiger partial charge in [0.05, 0.1) is 6.04 Å². The van der Waals surface area contributed by atoms with Crippen molar-refractivity contribution in [3.8, 4) is 0 Å². The van der Waals surface area contributed by atoms with E-state index in [0.29, 0.717) is 25.8 Å². The maximum atomic E-state index is 12.5. The van der Waals surface area contributed by atoms with Crippen molar-refractivity contribution in [2.24, 2.45) is 0 Å². The lowest BCUT2D eigenvalue weighted by atomic mass is 10.2. The van der Waals surface area contributed by atoms with Crippen LogP contribution in [-0.2, 0) is 24.0 Å². The number of aliphatic carboxylic acids is 1. The van der Waals surface area contributed by atoms with Crippen molar-refractivity contribution in [2.75, 3.05) is 13.1 Å². The topological polar surface area (TPSA) is 157 Å². The molecule has 2 rings (SSSR count). The van der Waals surface area contributed by atoms with Gasteiger partial charge in [-0.3, -0.25) is 19.2 Å². The summed E-state index contributed by atoms with van der Waals surface area (Å²) in [5, 5.41) is 19.9. The molecular formula is C19H31N5O6. The summed E-state index contributed by atoms with van der Waals surface area (Å²) in [6.07, 6.45) is 2.59. The van der Waals surface area contributed by atoms with Crippen molar-refractivity contribution in [1.29, 1.82) is 0 Å². The minimum absolute atomic E-state index is 0.259. The van der Waals surface area contributed by atoms with E-state index in [1.54, 1.807) is 0 Å². The fourth-order valence-electron chi connectivity index (χ4n) is 3.63. The standard InChI is InChI=1S/C19H31N5O6/c1-10(21-15(25)11(2)22-17(27)13-6-4-8-20-13)16(26)23-12(3)18(28)24-9-5-7-14(24)19(29)30/h10-14,20H,4-9H2,1-3H3,(H,21,25)(H,22,27)(H,23,26)(H,29,30)/t10-,11-,12-,13-,14-/m0/s1. The summed E-state index contributed by atoms with van der Waals surface area (Å²) in [5.41, 5.74) is 0. The molecule has 11 heteroatoms. The summed E-state index contributed by atoms with van der Waals surface area (Å²) in [5.74, 6) is -2.90. The average molecular weight is 425 g/mol. The molecule has 30 heavy (non-hydrogen) atoms. The van der Waals surface area contributed by atoms with E-state index in [1.165, 1.54) is 25.7 Å². The SMILES string of the molecule is C[C@H](NC(=O)[C@H](C)NC(=O)[C@@H]1CCCN1)C(=O)N[C@@H](C)C(=O)N1CCC[C@H]1C(=O)O. The van der Waals surface area contributed by atoms with Crippen LogP contribution in [0.3, 0.4) is 0 Å². The van der Waals surface area contributed by atoms with Crippen LogP contribution in [0.1, 0.15) is 46.5 Å². The van der Waals surface area contributed by atoms with E-state index in [0.717, 1.165) is 13.0 Å². The van der Waals surface area contributed by atoms with Gasteiger partial charge in [0.15, 0.2) is 0 Å². The number of hydrogen-bond donors (Lipinski definition) is 5. The Balaban J connectivity index is 1.81. The highest BCUT2D eigenvalue weighted by atomic mass is 16.4. The Morgan fingerprint density at radius 3 is 2.07 bits per heavy atom. The number of carbonyl (C=O) groups excluding carboxylic acids is 4. The smallest absolute Gasteiger partial charge is 0.326 e. The predicted molar refractivity (Wildman–Crippen MR) is 106 cm³/mol. The van der Waals surface area contributed by atoms with Gasteiger partial charge in [-0.05, 0) is 53.0 Å². The second-order valence-electron chi connectivity index (χ2n) is 7.87. The number of likely N-dealkylation sites (tertiary alicyclic amines) is 1. The van der Waals surface area contributed by atoms with Crippen molar-refractivity contribution in [3.63, 3.8) is 0 Å². The molecular weight excluding hydrogens is 394 g/mol. The zero-order chi connectivity index (χ0) is 22.4. The van der Waals surface area contributed by atoms with E-state index in [9.17, 15) is 29.1 Å². The van der Waals surface area contributed by atoms with Crippen molar-refractivity contribution >= 4 is 29.6 Å². The summed E-state index contributed by atoms with van der Waals surface area (Å²) < 4.78 is 0. The second kappa shape index (κ2) is 10.4. The molecule has 0 aromatic rings. The van der Waals surface area contributed by atoms with E-state index >= 15 is 0 Å². The fourth-order valence-corrected chi connectivity index (χ4v) is 3.63. The highest BCUT2D eigenvalue weighted by Crippen LogP contribution is 2.18. The first-order valence-electron chi connectivity index (χ1n) is 10.3. The largest absolute Gasteiger partial charge is 0.480 e. The molecule has 5 N–H and O–H groups in total. The lowest BCUT2D eigenvalue weighted by Crippen LogP contribution is -2.56. The van der Waals surface area contributed by atoms with Gasteiger partial charge in [-0.1, -0.05) is 0 Å². The third kappa shape index (κ3) is 5.91. The van der Waals surface area contributed by atoms with Crippen LogP contribution in [-0.4, -0.2) is 82.9 Å². The molecule has 2 heterocycles. The molecule has 2 aliphatic rings. The molecule has 0 spiro atoms. The van der Waals surface area contributed by atoms with Gasteiger partial charge >= 0.3 is 5.97 Å². The van der Waals surface area contributed by atoms with E-state index in [4.69, 9.17) is 0 Å². The molecule has 0 aromatic carbocycles. The lowest BCUT2D eigenvalue weighted by Gasteiger charge is -2.26. The number of carbonyl (C=O) groups is 5. The van der Waals surface area contributed by atoms with E-state index < -0.39 is 47.9 Å². The number of rotatable bonds is 8. The van der Waals surface area contributed by atoms with Crippen molar-refractivity contribution < 1.29 is 29.1 Å². The second-order valence-corrected chi connectivity index (χ2v) is 7.87. The Labute approximate surface area is 175 Å². The van der Waals surface area contributed by atoms with Crippen LogP contribution < -0.4 is 21.3 Å². The number of nitrogens with zero attached hydrogens (tertiary/aromatic N) is 1. The van der Waals surface area contributed by atoms with E-state index in [-0.39, 0.29) is 11.9 Å². The van der Waals surface area contributed by atoms with Gasteiger partial charge in [0.1, 0.15) is 24.2 Å². The molecule has 168 valence electrons. The Kier molecular flexibility index (Phi) is 8.16. The van der Waals surface area contributed by atoms with Crippen LogP contribution in [0.2, 0.25) is 0 Å². The first-order valence-corrected chi connectivity index (χ1v) is 10.3. The molecule has 2 aliphatic heterocycles. The first kappa shape index (κ1) is 23.6. The van der Waals surface area contributed by atoms with E-state index in [2.05, 4.69) is 21.3 Å². The Hall–Kier alpha value is -2.69. The molecule has 5 atom stereocenters. The third-order valence-corrected chi connectivity index (χ3v) is 5.43. The van der Waals surface area contributed by atoms with Crippen LogP contribution in [0.15, 0.2) is 0 Å². The van der Waals surface area contributed by atoms with Gasteiger partial charge in [-0.25, -0.2) is 4.79 Å². The van der Waals surface area contributed by atoms with Gasteiger partial charge in [-0.2, -0.15) is 0 Å². The van der Waals surface area contributed by atoms with Crippen LogP contribution in [0.5, 0.6) is 0 Å². The normalized spacial score (nSPS) is 23.9. The third-order valence-electron chi connectivity index (χ3n) is 5.43. The Morgan fingerprint density at radius 2 is 1.50 bits per heavy atom. The zero-order valence-corrected chi connectivity index (χ0v) is 17.6. The van der Waals surface area contributed by atoms with Crippen molar-refractivity contribution in [1.82, 2.24) is 26.2 Å². The molecule has 0 radical (unpaired) electrons. The molecule has 0 bridgehead atoms. The van der Waals surface area contributed by atoms with Gasteiger partial charge in [0.25, 0.3) is 0 Å². The molecule has 0 aromatic heterocycles. The highest BCUT2D eigenvalue weighted by Gasteiger charge is 2.36. The highest BCUT2D eigenvalue weighted by molar-refractivity contribution is 5.95. The van der Waals surface area contributed by atoms with Crippen molar-refractivity contribution in [2.45, 2.75) is 76.7 Å². The van der Waals surface area contributed by atoms with Crippen molar-refractivity contribution in [3.05, 3.63) is 0 Å². The minimum Gasteiger partial charge on any atom is -0.480 e. The molecule has 0 unspecified atom stereocenters. The first-order chi connectivity index (χ1) is 14.1. The monoisotopic (exact) mass is 425 g/mol. The zero-order valence-electron chi connectivity index (χ0n) is 17.6. The van der Waals surface area contributed by atoms with Gasteiger partial charge in [0, 0.05) is 6.54 Å². The maximum absolute atomic E-state index is 12.5. The van der Waals surface area contributed by atoms with E-state index in [1.807, 2.05) is 0 Å². The van der Waals surface area contributed by atoms with Gasteiger partial charge < -0.3 is 31.3 Å². The molecule has 2 saturated heterocycles. The summed E-state index contributed by atoms with van der Waals surface area (Å²) in [7, 11) is 0. The average Bonchev–Trinajstić information content (AvgIpc) is 3.38. The molecule has 0 saturated carbocycles. The van der Waals surface area contributed by atoms with Crippen LogP contribution in [0.25, 0.3) is 0 Å². The van der Waals surface area contributed by atoms with Gasteiger partial charge in [-0.15, -0.1) is 0 Å². The Bertz CT molecular complexity index is 693. The Morgan fingerprint density at radius 1 is 0.900 bits per heavy atom. The van der Waals surface area contributed by atoms with Gasteiger partial charge in [0.2, 0.25) is 23.6 Å². The molecule has 11 nitrogen and oxygen atoms in total. The molecule has 0 aliphatic carbocycles. The number of nitrogens with one attached hydrogen (secondary N) is 4. The lowest BCUT2D eigenvalue weighted by molar-refractivity contribution is -0.149.